The minimum absolute atomic E-state index is 0.589. The fraction of sp³-hybridized carbons (Fsp3) is 0.889. The van der Waals surface area contributed by atoms with Crippen LogP contribution in [0.4, 0.5) is 0 Å². The average Bonchev–Trinajstić information content (AvgIpc) is 2.85. The van der Waals surface area contributed by atoms with Crippen LogP contribution in [0.1, 0.15) is 31.5 Å². The Morgan fingerprint density at radius 2 is 2.20 bits per heavy atom. The fourth-order valence-electron chi connectivity index (χ4n) is 1.87. The molecule has 1 aliphatic rings. The van der Waals surface area contributed by atoms with Crippen molar-refractivity contribution < 1.29 is 0 Å². The molecule has 2 rings (SSSR count). The Bertz CT molecular complexity index is 294. The zero-order valence-electron chi connectivity index (χ0n) is 8.80. The van der Waals surface area contributed by atoms with Crippen molar-refractivity contribution in [3.63, 3.8) is 0 Å². The zero-order chi connectivity index (χ0) is 10.5. The quantitative estimate of drug-likeness (QED) is 0.806. The predicted octanol–water partition coefficient (Wildman–Crippen LogP) is 0.808. The number of tetrazole rings is 1. The van der Waals surface area contributed by atoms with E-state index < -0.39 is 0 Å². The topological polar surface area (TPSA) is 69.6 Å². The first-order valence-corrected chi connectivity index (χ1v) is 6.51. The van der Waals surface area contributed by atoms with Crippen LogP contribution >= 0.6 is 11.8 Å². The second-order valence-corrected chi connectivity index (χ2v) is 5.11. The van der Waals surface area contributed by atoms with Crippen molar-refractivity contribution in [1.82, 2.24) is 20.2 Å². The molecular weight excluding hydrogens is 210 g/mol. The van der Waals surface area contributed by atoms with Crippen molar-refractivity contribution >= 4 is 11.8 Å². The van der Waals surface area contributed by atoms with Crippen LogP contribution in [0.15, 0.2) is 0 Å². The average molecular weight is 227 g/mol. The highest BCUT2D eigenvalue weighted by Crippen LogP contribution is 2.30. The lowest BCUT2D eigenvalue weighted by molar-refractivity contribution is 0.582. The van der Waals surface area contributed by atoms with Crippen molar-refractivity contribution in [3.05, 3.63) is 5.82 Å². The van der Waals surface area contributed by atoms with Crippen molar-refractivity contribution in [1.29, 1.82) is 0 Å². The summed E-state index contributed by atoms with van der Waals surface area (Å²) >= 11 is 1.98. The summed E-state index contributed by atoms with van der Waals surface area (Å²) in [7, 11) is 0. The molecule has 1 saturated carbocycles. The van der Waals surface area contributed by atoms with E-state index >= 15 is 0 Å². The third-order valence-corrected chi connectivity index (χ3v) is 4.06. The van der Waals surface area contributed by atoms with E-state index in [1.807, 2.05) is 16.4 Å². The molecule has 0 atom stereocenters. The van der Waals surface area contributed by atoms with Crippen LogP contribution in [0.2, 0.25) is 0 Å². The molecular formula is C9H17N5S. The molecule has 0 amide bonds. The van der Waals surface area contributed by atoms with Crippen molar-refractivity contribution in [2.75, 3.05) is 6.54 Å². The maximum atomic E-state index is 5.48. The molecule has 0 bridgehead atoms. The highest BCUT2D eigenvalue weighted by Gasteiger charge is 2.16. The van der Waals surface area contributed by atoms with Crippen LogP contribution in [-0.4, -0.2) is 32.0 Å². The molecule has 5 nitrogen and oxygen atoms in total. The third kappa shape index (κ3) is 2.92. The van der Waals surface area contributed by atoms with Gasteiger partial charge in [0.05, 0.1) is 12.3 Å². The summed E-state index contributed by atoms with van der Waals surface area (Å²) in [4.78, 5) is 0. The van der Waals surface area contributed by atoms with Gasteiger partial charge in [0.1, 0.15) is 0 Å². The van der Waals surface area contributed by atoms with Gasteiger partial charge in [-0.15, -0.1) is 5.10 Å². The first-order valence-electron chi connectivity index (χ1n) is 5.47. The summed E-state index contributed by atoms with van der Waals surface area (Å²) in [6, 6.07) is 0. The van der Waals surface area contributed by atoms with Gasteiger partial charge >= 0.3 is 0 Å². The SMILES string of the molecule is NCCn1nnnc1CSC1CCCC1. The molecule has 84 valence electrons. The van der Waals surface area contributed by atoms with E-state index in [0.717, 1.165) is 16.8 Å². The van der Waals surface area contributed by atoms with Gasteiger partial charge in [0.25, 0.3) is 0 Å². The van der Waals surface area contributed by atoms with Crippen LogP contribution in [0.3, 0.4) is 0 Å². The van der Waals surface area contributed by atoms with Gasteiger partial charge in [0, 0.05) is 11.8 Å². The lowest BCUT2D eigenvalue weighted by atomic mass is 10.4. The van der Waals surface area contributed by atoms with E-state index in [1.54, 1.807) is 0 Å². The summed E-state index contributed by atoms with van der Waals surface area (Å²) in [5.41, 5.74) is 5.48. The first-order chi connectivity index (χ1) is 7.40. The molecule has 0 unspecified atom stereocenters. The van der Waals surface area contributed by atoms with E-state index in [1.165, 1.54) is 25.7 Å². The van der Waals surface area contributed by atoms with Crippen LogP contribution in [0.25, 0.3) is 0 Å². The van der Waals surface area contributed by atoms with Crippen LogP contribution in [0.5, 0.6) is 0 Å². The lowest BCUT2D eigenvalue weighted by Crippen LogP contribution is -2.14. The summed E-state index contributed by atoms with van der Waals surface area (Å²) in [5, 5.41) is 12.4. The van der Waals surface area contributed by atoms with Crippen LogP contribution in [0, 0.1) is 0 Å². The molecule has 15 heavy (non-hydrogen) atoms. The largest absolute Gasteiger partial charge is 0.329 e. The highest BCUT2D eigenvalue weighted by atomic mass is 32.2. The predicted molar refractivity (Wildman–Crippen MR) is 60.4 cm³/mol. The van der Waals surface area contributed by atoms with Crippen molar-refractivity contribution in [2.24, 2.45) is 5.73 Å². The number of hydrogen-bond donors (Lipinski definition) is 1. The molecule has 0 radical (unpaired) electrons. The van der Waals surface area contributed by atoms with Crippen LogP contribution < -0.4 is 5.73 Å². The lowest BCUT2D eigenvalue weighted by Gasteiger charge is -2.07. The normalized spacial score (nSPS) is 17.4. The van der Waals surface area contributed by atoms with Gasteiger partial charge in [-0.2, -0.15) is 11.8 Å². The van der Waals surface area contributed by atoms with Crippen LogP contribution in [-0.2, 0) is 12.3 Å². The number of nitrogens with zero attached hydrogens (tertiary/aromatic N) is 4. The molecule has 1 aromatic heterocycles. The van der Waals surface area contributed by atoms with Gasteiger partial charge < -0.3 is 5.73 Å². The summed E-state index contributed by atoms with van der Waals surface area (Å²) in [6.45, 7) is 1.31. The molecule has 6 heteroatoms. The Morgan fingerprint density at radius 3 is 2.93 bits per heavy atom. The molecule has 1 heterocycles. The standard InChI is InChI=1S/C9H17N5S/c10-5-6-14-9(11-12-13-14)7-15-8-3-1-2-4-8/h8H,1-7,10H2. The zero-order valence-corrected chi connectivity index (χ0v) is 9.62. The summed E-state index contributed by atoms with van der Waals surface area (Å²) in [6.07, 6.45) is 5.46. The number of hydrogen-bond acceptors (Lipinski definition) is 5. The smallest absolute Gasteiger partial charge is 0.161 e. The Kier molecular flexibility index (Phi) is 3.96. The van der Waals surface area contributed by atoms with Gasteiger partial charge in [-0.1, -0.05) is 12.8 Å². The number of rotatable bonds is 5. The second-order valence-electron chi connectivity index (χ2n) is 3.82. The molecule has 0 aromatic carbocycles. The minimum atomic E-state index is 0.589. The Morgan fingerprint density at radius 1 is 1.40 bits per heavy atom. The minimum Gasteiger partial charge on any atom is -0.329 e. The number of aromatic nitrogens is 4. The fourth-order valence-corrected chi connectivity index (χ4v) is 3.13. The molecule has 0 aliphatic heterocycles. The van der Waals surface area contributed by atoms with Gasteiger partial charge in [-0.3, -0.25) is 0 Å². The summed E-state index contributed by atoms with van der Waals surface area (Å²) < 4.78 is 1.81. The van der Waals surface area contributed by atoms with Gasteiger partial charge in [-0.25, -0.2) is 4.68 Å². The van der Waals surface area contributed by atoms with E-state index in [0.29, 0.717) is 13.1 Å². The summed E-state index contributed by atoms with van der Waals surface area (Å²) in [5.74, 6) is 1.87. The Balaban J connectivity index is 1.83. The van der Waals surface area contributed by atoms with Gasteiger partial charge in [0.2, 0.25) is 0 Å². The molecule has 1 aliphatic carbocycles. The van der Waals surface area contributed by atoms with Gasteiger partial charge in [-0.05, 0) is 23.3 Å². The van der Waals surface area contributed by atoms with Crippen molar-refractivity contribution in [2.45, 2.75) is 43.2 Å². The second kappa shape index (κ2) is 5.46. The molecule has 1 aromatic rings. The van der Waals surface area contributed by atoms with E-state index in [4.69, 9.17) is 5.73 Å². The van der Waals surface area contributed by atoms with Gasteiger partial charge in [0.15, 0.2) is 5.82 Å². The number of nitrogens with two attached hydrogens (primary N) is 1. The first kappa shape index (κ1) is 10.9. The highest BCUT2D eigenvalue weighted by molar-refractivity contribution is 7.99. The van der Waals surface area contributed by atoms with Crippen molar-refractivity contribution in [3.8, 4) is 0 Å². The number of thioether (sulfide) groups is 1. The van der Waals surface area contributed by atoms with E-state index in [2.05, 4.69) is 15.5 Å². The Labute approximate surface area is 93.8 Å². The molecule has 0 spiro atoms. The maximum Gasteiger partial charge on any atom is 0.161 e. The third-order valence-electron chi connectivity index (χ3n) is 2.70. The molecule has 0 saturated heterocycles. The molecule has 1 fully saturated rings. The van der Waals surface area contributed by atoms with E-state index in [9.17, 15) is 0 Å². The monoisotopic (exact) mass is 227 g/mol. The molecule has 2 N–H and O–H groups in total. The van der Waals surface area contributed by atoms with E-state index in [-0.39, 0.29) is 0 Å². The maximum absolute atomic E-state index is 5.48. The Hall–Kier alpha value is -0.620.